The number of benzene rings is 1. The summed E-state index contributed by atoms with van der Waals surface area (Å²) in [5.74, 6) is 1.49. The molecule has 1 saturated heterocycles. The Bertz CT molecular complexity index is 556. The van der Waals surface area contributed by atoms with E-state index in [4.69, 9.17) is 16.3 Å². The molecule has 1 heterocycles. The van der Waals surface area contributed by atoms with Gasteiger partial charge in [-0.2, -0.15) is 0 Å². The van der Waals surface area contributed by atoms with E-state index in [9.17, 15) is 0 Å². The molecule has 148 valence electrons. The van der Waals surface area contributed by atoms with Gasteiger partial charge in [-0.15, -0.1) is 24.0 Å². The minimum Gasteiger partial charge on any atom is -0.374 e. The molecule has 1 aromatic carbocycles. The first-order valence-corrected chi connectivity index (χ1v) is 9.48. The largest absolute Gasteiger partial charge is 0.374 e. The van der Waals surface area contributed by atoms with Crippen molar-refractivity contribution in [3.8, 4) is 0 Å². The van der Waals surface area contributed by atoms with Crippen molar-refractivity contribution in [2.24, 2.45) is 10.9 Å². The van der Waals surface area contributed by atoms with Gasteiger partial charge in [-0.05, 0) is 24.0 Å². The normalized spacial score (nSPS) is 18.5. The van der Waals surface area contributed by atoms with Crippen LogP contribution in [-0.2, 0) is 11.2 Å². The third-order valence-corrected chi connectivity index (χ3v) is 4.58. The number of hydrogen-bond donors (Lipinski definition) is 2. The maximum atomic E-state index is 6.19. The van der Waals surface area contributed by atoms with E-state index >= 15 is 0 Å². The van der Waals surface area contributed by atoms with Crippen molar-refractivity contribution in [3.63, 3.8) is 0 Å². The second kappa shape index (κ2) is 12.8. The molecule has 0 aliphatic carbocycles. The van der Waals surface area contributed by atoms with Crippen molar-refractivity contribution in [2.75, 3.05) is 46.4 Å². The van der Waals surface area contributed by atoms with Gasteiger partial charge in [0.05, 0.1) is 12.7 Å². The number of guanidine groups is 1. The lowest BCUT2D eigenvalue weighted by atomic mass is 10.1. The highest BCUT2D eigenvalue weighted by atomic mass is 127. The maximum absolute atomic E-state index is 6.19. The Hall–Kier alpha value is -0.570. The number of hydrogen-bond acceptors (Lipinski definition) is 3. The van der Waals surface area contributed by atoms with E-state index in [0.717, 1.165) is 62.3 Å². The number of nitrogens with one attached hydrogen (secondary N) is 2. The number of aliphatic imine (C=N–C) groups is 1. The summed E-state index contributed by atoms with van der Waals surface area (Å²) in [6, 6.07) is 7.94. The van der Waals surface area contributed by atoms with Crippen LogP contribution < -0.4 is 10.6 Å². The van der Waals surface area contributed by atoms with Crippen LogP contribution in [0.3, 0.4) is 0 Å². The fourth-order valence-electron chi connectivity index (χ4n) is 3.03. The zero-order valence-corrected chi connectivity index (χ0v) is 19.1. The van der Waals surface area contributed by atoms with Gasteiger partial charge in [-0.25, -0.2) is 0 Å². The molecule has 0 amide bonds. The fraction of sp³-hybridized carbons (Fsp3) is 0.632. The highest BCUT2D eigenvalue weighted by Crippen LogP contribution is 2.14. The standard InChI is InChI=1S/C19H31ClN4O.HI/c1-15(2)13-24-10-11-25-17(14-24)12-23-19(21-3)22-9-8-16-6-4-5-7-18(16)20;/h4-7,15,17H,8-14H2,1-3H3,(H2,21,22,23);1H. The van der Waals surface area contributed by atoms with Crippen LogP contribution in [0, 0.1) is 5.92 Å². The Kier molecular flexibility index (Phi) is 11.5. The SMILES string of the molecule is CN=C(NCCc1ccccc1Cl)NCC1CN(CC(C)C)CCO1.I. The maximum Gasteiger partial charge on any atom is 0.191 e. The quantitative estimate of drug-likeness (QED) is 0.348. The molecule has 7 heteroatoms. The summed E-state index contributed by atoms with van der Waals surface area (Å²) in [6.07, 6.45) is 1.07. The average molecular weight is 495 g/mol. The van der Waals surface area contributed by atoms with Gasteiger partial charge in [0, 0.05) is 44.8 Å². The molecule has 0 saturated carbocycles. The zero-order chi connectivity index (χ0) is 18.1. The third kappa shape index (κ3) is 8.41. The molecule has 0 spiro atoms. The molecule has 2 rings (SSSR count). The second-order valence-electron chi connectivity index (χ2n) is 6.87. The minimum atomic E-state index is 0. The van der Waals surface area contributed by atoms with E-state index in [1.54, 1.807) is 7.05 Å². The predicted octanol–water partition coefficient (Wildman–Crippen LogP) is 3.02. The van der Waals surface area contributed by atoms with E-state index < -0.39 is 0 Å². The molecule has 1 fully saturated rings. The summed E-state index contributed by atoms with van der Waals surface area (Å²) in [7, 11) is 1.79. The van der Waals surface area contributed by atoms with E-state index in [2.05, 4.69) is 40.4 Å². The third-order valence-electron chi connectivity index (χ3n) is 4.21. The van der Waals surface area contributed by atoms with E-state index in [1.165, 1.54) is 0 Å². The van der Waals surface area contributed by atoms with Gasteiger partial charge < -0.3 is 15.4 Å². The molecule has 1 aromatic rings. The number of rotatable bonds is 7. The van der Waals surface area contributed by atoms with Gasteiger partial charge >= 0.3 is 0 Å². The number of ether oxygens (including phenoxy) is 1. The Morgan fingerprint density at radius 2 is 2.12 bits per heavy atom. The number of morpholine rings is 1. The molecule has 26 heavy (non-hydrogen) atoms. The summed E-state index contributed by atoms with van der Waals surface area (Å²) >= 11 is 6.19. The van der Waals surface area contributed by atoms with Crippen molar-refractivity contribution in [3.05, 3.63) is 34.9 Å². The summed E-state index contributed by atoms with van der Waals surface area (Å²) in [5, 5.41) is 7.52. The Labute approximate surface area is 179 Å². The van der Waals surface area contributed by atoms with Crippen molar-refractivity contribution < 1.29 is 4.74 Å². The Balaban J connectivity index is 0.00000338. The number of halogens is 2. The van der Waals surface area contributed by atoms with Crippen molar-refractivity contribution in [2.45, 2.75) is 26.4 Å². The fourth-order valence-corrected chi connectivity index (χ4v) is 3.26. The molecule has 0 aromatic heterocycles. The smallest absolute Gasteiger partial charge is 0.191 e. The molecule has 1 atom stereocenters. The van der Waals surface area contributed by atoms with E-state index in [1.807, 2.05) is 18.2 Å². The molecule has 1 unspecified atom stereocenters. The summed E-state index contributed by atoms with van der Waals surface area (Å²) in [5.41, 5.74) is 1.15. The lowest BCUT2D eigenvalue weighted by Crippen LogP contribution is -2.50. The number of nitrogens with zero attached hydrogens (tertiary/aromatic N) is 2. The van der Waals surface area contributed by atoms with Crippen LogP contribution in [0.4, 0.5) is 0 Å². The van der Waals surface area contributed by atoms with Crippen LogP contribution in [0.1, 0.15) is 19.4 Å². The van der Waals surface area contributed by atoms with E-state index in [-0.39, 0.29) is 30.1 Å². The van der Waals surface area contributed by atoms with Crippen LogP contribution >= 0.6 is 35.6 Å². The average Bonchev–Trinajstić information content (AvgIpc) is 2.59. The molecule has 0 radical (unpaired) electrons. The van der Waals surface area contributed by atoms with Crippen LogP contribution in [0.2, 0.25) is 5.02 Å². The molecule has 0 bridgehead atoms. The van der Waals surface area contributed by atoms with Gasteiger partial charge in [-0.3, -0.25) is 9.89 Å². The van der Waals surface area contributed by atoms with Gasteiger partial charge in [-0.1, -0.05) is 43.6 Å². The van der Waals surface area contributed by atoms with Crippen molar-refractivity contribution in [1.29, 1.82) is 0 Å². The van der Waals surface area contributed by atoms with Gasteiger partial charge in [0.15, 0.2) is 5.96 Å². The van der Waals surface area contributed by atoms with Crippen LogP contribution in [0.25, 0.3) is 0 Å². The highest BCUT2D eigenvalue weighted by Gasteiger charge is 2.21. The first kappa shape index (κ1) is 23.5. The molecular weight excluding hydrogens is 463 g/mol. The lowest BCUT2D eigenvalue weighted by molar-refractivity contribution is -0.0284. The molecule has 2 N–H and O–H groups in total. The Morgan fingerprint density at radius 3 is 2.81 bits per heavy atom. The van der Waals surface area contributed by atoms with Crippen LogP contribution in [0.5, 0.6) is 0 Å². The van der Waals surface area contributed by atoms with Gasteiger partial charge in [0.2, 0.25) is 0 Å². The first-order valence-electron chi connectivity index (χ1n) is 9.10. The Morgan fingerprint density at radius 1 is 1.35 bits per heavy atom. The summed E-state index contributed by atoms with van der Waals surface area (Å²) < 4.78 is 5.87. The highest BCUT2D eigenvalue weighted by molar-refractivity contribution is 14.0. The summed E-state index contributed by atoms with van der Waals surface area (Å²) in [4.78, 5) is 6.77. The molecule has 1 aliphatic rings. The van der Waals surface area contributed by atoms with Crippen molar-refractivity contribution >= 4 is 41.5 Å². The van der Waals surface area contributed by atoms with Crippen LogP contribution in [0.15, 0.2) is 29.3 Å². The predicted molar refractivity (Wildman–Crippen MR) is 121 cm³/mol. The monoisotopic (exact) mass is 494 g/mol. The summed E-state index contributed by atoms with van der Waals surface area (Å²) in [6.45, 7) is 10.00. The lowest BCUT2D eigenvalue weighted by Gasteiger charge is -2.34. The second-order valence-corrected chi connectivity index (χ2v) is 7.27. The molecule has 1 aliphatic heterocycles. The zero-order valence-electron chi connectivity index (χ0n) is 16.0. The van der Waals surface area contributed by atoms with Crippen LogP contribution in [-0.4, -0.2) is 63.3 Å². The van der Waals surface area contributed by atoms with Gasteiger partial charge in [0.1, 0.15) is 0 Å². The van der Waals surface area contributed by atoms with E-state index in [0.29, 0.717) is 5.92 Å². The molecular formula is C19H32ClIN4O. The van der Waals surface area contributed by atoms with Crippen molar-refractivity contribution in [1.82, 2.24) is 15.5 Å². The minimum absolute atomic E-state index is 0. The topological polar surface area (TPSA) is 48.9 Å². The first-order chi connectivity index (χ1) is 12.1. The van der Waals surface area contributed by atoms with Gasteiger partial charge in [0.25, 0.3) is 0 Å². The molecule has 5 nitrogen and oxygen atoms in total.